The van der Waals surface area contributed by atoms with Crippen LogP contribution in [0.15, 0.2) is 71.3 Å². The number of fused-ring (bicyclic) bond motifs is 1. The summed E-state index contributed by atoms with van der Waals surface area (Å²) >= 11 is 6.74. The molecular formula is C25H26N2OS2. The molecule has 0 spiro atoms. The highest BCUT2D eigenvalue weighted by Crippen LogP contribution is 2.49. The third kappa shape index (κ3) is 3.40. The molecule has 0 radical (unpaired) electrons. The zero-order chi connectivity index (χ0) is 21.5. The van der Waals surface area contributed by atoms with E-state index in [4.69, 9.17) is 12.2 Å². The van der Waals surface area contributed by atoms with E-state index < -0.39 is 0 Å². The Morgan fingerprint density at radius 3 is 2.30 bits per heavy atom. The number of allylic oxidation sites excluding steroid dienone is 3. The second-order valence-corrected chi connectivity index (χ2v) is 9.64. The van der Waals surface area contributed by atoms with Gasteiger partial charge < -0.3 is 4.90 Å². The number of amides is 1. The summed E-state index contributed by atoms with van der Waals surface area (Å²) in [5.74, 6) is 0.00656. The number of benzene rings is 2. The number of hydrogen-bond donors (Lipinski definition) is 0. The summed E-state index contributed by atoms with van der Waals surface area (Å²) in [6, 6.07) is 17.2. The molecular weight excluding hydrogens is 408 g/mol. The lowest BCUT2D eigenvalue weighted by molar-refractivity contribution is -0.122. The molecule has 1 fully saturated rings. The van der Waals surface area contributed by atoms with Gasteiger partial charge in [0, 0.05) is 29.9 Å². The molecule has 0 bridgehead atoms. The number of hydrogen-bond acceptors (Lipinski definition) is 4. The summed E-state index contributed by atoms with van der Waals surface area (Å²) in [4.78, 5) is 17.3. The van der Waals surface area contributed by atoms with Gasteiger partial charge in [-0.2, -0.15) is 0 Å². The van der Waals surface area contributed by atoms with Gasteiger partial charge in [0.1, 0.15) is 4.32 Å². The summed E-state index contributed by atoms with van der Waals surface area (Å²) in [6.45, 7) is 10.1. The Hall–Kier alpha value is -2.37. The number of thiocarbonyl (C=S) groups is 1. The molecule has 2 aromatic rings. The Balaban J connectivity index is 1.75. The maximum absolute atomic E-state index is 12.6. The number of rotatable bonds is 4. The van der Waals surface area contributed by atoms with Gasteiger partial charge in [0.15, 0.2) is 0 Å². The van der Waals surface area contributed by atoms with Crippen molar-refractivity contribution < 1.29 is 4.79 Å². The minimum Gasteiger partial charge on any atom is -0.344 e. The maximum atomic E-state index is 12.6. The van der Waals surface area contributed by atoms with Crippen molar-refractivity contribution in [2.75, 3.05) is 18.0 Å². The molecule has 3 nitrogen and oxygen atoms in total. The average Bonchev–Trinajstić information content (AvgIpc) is 3.15. The highest BCUT2D eigenvalue weighted by Gasteiger charge is 2.39. The van der Waals surface area contributed by atoms with Gasteiger partial charge in [0.05, 0.1) is 4.91 Å². The van der Waals surface area contributed by atoms with E-state index >= 15 is 0 Å². The molecule has 1 saturated heterocycles. The first-order valence-electron chi connectivity index (χ1n) is 10.3. The Bertz CT molecular complexity index is 1070. The molecule has 4 rings (SSSR count). The van der Waals surface area contributed by atoms with Crippen LogP contribution < -0.4 is 4.90 Å². The molecule has 154 valence electrons. The van der Waals surface area contributed by atoms with Crippen LogP contribution in [0.5, 0.6) is 0 Å². The zero-order valence-electron chi connectivity index (χ0n) is 17.8. The molecule has 0 unspecified atom stereocenters. The number of carbonyl (C=O) groups is 1. The molecule has 0 saturated carbocycles. The fourth-order valence-corrected chi connectivity index (χ4v) is 5.59. The summed E-state index contributed by atoms with van der Waals surface area (Å²) in [7, 11) is 0. The number of nitrogens with zero attached hydrogens (tertiary/aromatic N) is 2. The van der Waals surface area contributed by atoms with E-state index in [0.717, 1.165) is 6.54 Å². The first-order chi connectivity index (χ1) is 14.4. The summed E-state index contributed by atoms with van der Waals surface area (Å²) < 4.78 is 0.640. The zero-order valence-corrected chi connectivity index (χ0v) is 19.4. The minimum atomic E-state index is -0.162. The largest absolute Gasteiger partial charge is 0.344 e. The SMILES string of the molecule is CCN1C(=O)/C(=C/C=C2\N(CC)c3ccc(-c4ccccc4)cc3C2(C)C)SC1=S. The summed E-state index contributed by atoms with van der Waals surface area (Å²) in [6.07, 6.45) is 4.05. The fraction of sp³-hybridized carbons (Fsp3) is 0.280. The second-order valence-electron chi connectivity index (χ2n) is 7.97. The topological polar surface area (TPSA) is 23.6 Å². The average molecular weight is 435 g/mol. The predicted octanol–water partition coefficient (Wildman–Crippen LogP) is 6.12. The molecule has 1 amide bonds. The van der Waals surface area contributed by atoms with Crippen molar-refractivity contribution in [2.45, 2.75) is 33.1 Å². The van der Waals surface area contributed by atoms with Gasteiger partial charge in [-0.3, -0.25) is 9.69 Å². The van der Waals surface area contributed by atoms with E-state index in [0.29, 0.717) is 15.8 Å². The number of anilines is 1. The lowest BCUT2D eigenvalue weighted by Crippen LogP contribution is -2.27. The first-order valence-corrected chi connectivity index (χ1v) is 11.5. The smallest absolute Gasteiger partial charge is 0.266 e. The van der Waals surface area contributed by atoms with E-state index in [1.165, 1.54) is 39.8 Å². The molecule has 0 aromatic heterocycles. The quantitative estimate of drug-likeness (QED) is 0.427. The molecule has 2 aromatic carbocycles. The van der Waals surface area contributed by atoms with Crippen LogP contribution in [0.2, 0.25) is 0 Å². The van der Waals surface area contributed by atoms with Crippen LogP contribution in [0.1, 0.15) is 33.3 Å². The highest BCUT2D eigenvalue weighted by molar-refractivity contribution is 8.26. The molecule has 0 aliphatic carbocycles. The van der Waals surface area contributed by atoms with Crippen molar-refractivity contribution in [1.29, 1.82) is 0 Å². The van der Waals surface area contributed by atoms with E-state index in [-0.39, 0.29) is 11.3 Å². The van der Waals surface area contributed by atoms with Crippen molar-refractivity contribution in [1.82, 2.24) is 4.90 Å². The van der Waals surface area contributed by atoms with Crippen LogP contribution in [0.3, 0.4) is 0 Å². The van der Waals surface area contributed by atoms with Gasteiger partial charge in [-0.1, -0.05) is 74.2 Å². The lowest BCUT2D eigenvalue weighted by Gasteiger charge is -2.25. The van der Waals surface area contributed by atoms with Gasteiger partial charge in [-0.05, 0) is 54.8 Å². The monoisotopic (exact) mass is 434 g/mol. The Morgan fingerprint density at radius 1 is 0.967 bits per heavy atom. The number of likely N-dealkylation sites (N-methyl/N-ethyl adjacent to an activating group) is 2. The molecule has 0 atom stereocenters. The standard InChI is InChI=1S/C25H26N2OS2/c1-5-26-20-13-12-18(17-10-8-7-9-11-17)16-19(20)25(3,4)22(26)15-14-21-23(28)27(6-2)24(29)30-21/h7-16H,5-6H2,1-4H3/b21-14-,22-15-. The first kappa shape index (κ1) is 20.9. The maximum Gasteiger partial charge on any atom is 0.266 e. The molecule has 30 heavy (non-hydrogen) atoms. The lowest BCUT2D eigenvalue weighted by atomic mass is 9.82. The molecule has 2 aliphatic heterocycles. The molecule has 5 heteroatoms. The van der Waals surface area contributed by atoms with E-state index in [2.05, 4.69) is 74.2 Å². The van der Waals surface area contributed by atoms with Crippen LogP contribution in [-0.2, 0) is 10.2 Å². The van der Waals surface area contributed by atoms with E-state index in [1.54, 1.807) is 4.90 Å². The summed E-state index contributed by atoms with van der Waals surface area (Å²) in [5, 5.41) is 0. The van der Waals surface area contributed by atoms with Gasteiger partial charge in [0.2, 0.25) is 0 Å². The van der Waals surface area contributed by atoms with Gasteiger partial charge >= 0.3 is 0 Å². The fourth-order valence-electron chi connectivity index (χ4n) is 4.27. The van der Waals surface area contributed by atoms with Crippen molar-refractivity contribution in [2.24, 2.45) is 0 Å². The van der Waals surface area contributed by atoms with Crippen molar-refractivity contribution in [3.8, 4) is 11.1 Å². The van der Waals surface area contributed by atoms with Crippen LogP contribution >= 0.6 is 24.0 Å². The van der Waals surface area contributed by atoms with E-state index in [9.17, 15) is 4.79 Å². The van der Waals surface area contributed by atoms with Crippen LogP contribution in [0, 0.1) is 0 Å². The van der Waals surface area contributed by atoms with Gasteiger partial charge in [0.25, 0.3) is 5.91 Å². The Labute approximate surface area is 188 Å². The van der Waals surface area contributed by atoms with Crippen molar-refractivity contribution >= 4 is 39.9 Å². The van der Waals surface area contributed by atoms with Crippen molar-refractivity contribution in [3.05, 3.63) is 76.8 Å². The number of carbonyl (C=O) groups excluding carboxylic acids is 1. The Kier molecular flexibility index (Phi) is 5.60. The number of thioether (sulfide) groups is 1. The van der Waals surface area contributed by atoms with Crippen LogP contribution in [-0.4, -0.2) is 28.2 Å². The predicted molar refractivity (Wildman–Crippen MR) is 132 cm³/mol. The third-order valence-electron chi connectivity index (χ3n) is 5.90. The van der Waals surface area contributed by atoms with Crippen LogP contribution in [0.25, 0.3) is 11.1 Å². The molecule has 0 N–H and O–H groups in total. The normalized spacial score (nSPS) is 20.5. The summed E-state index contributed by atoms with van der Waals surface area (Å²) in [5.41, 5.74) is 6.04. The highest BCUT2D eigenvalue weighted by atomic mass is 32.2. The molecule has 2 aliphatic rings. The third-order valence-corrected chi connectivity index (χ3v) is 7.29. The van der Waals surface area contributed by atoms with Crippen LogP contribution in [0.4, 0.5) is 5.69 Å². The van der Waals surface area contributed by atoms with E-state index in [1.807, 2.05) is 19.1 Å². The Morgan fingerprint density at radius 2 is 1.67 bits per heavy atom. The minimum absolute atomic E-state index is 0.00656. The van der Waals surface area contributed by atoms with Gasteiger partial charge in [-0.25, -0.2) is 0 Å². The van der Waals surface area contributed by atoms with Gasteiger partial charge in [-0.15, -0.1) is 0 Å². The second kappa shape index (κ2) is 8.05. The molecule has 2 heterocycles. The van der Waals surface area contributed by atoms with Crippen molar-refractivity contribution in [3.63, 3.8) is 0 Å².